The van der Waals surface area contributed by atoms with Gasteiger partial charge in [0, 0.05) is 33.6 Å². The minimum Gasteiger partial charge on any atom is -0.318 e. The third-order valence-corrected chi connectivity index (χ3v) is 9.30. The van der Waals surface area contributed by atoms with E-state index in [1.54, 1.807) is 0 Å². The molecule has 5 aromatic carbocycles. The molecular formula is C44H42N2. The Morgan fingerprint density at radius 2 is 1.30 bits per heavy atom. The zero-order chi connectivity index (χ0) is 31.1. The summed E-state index contributed by atoms with van der Waals surface area (Å²) >= 11 is 0. The van der Waals surface area contributed by atoms with E-state index in [-0.39, 0.29) is 0 Å². The van der Waals surface area contributed by atoms with Gasteiger partial charge in [-0.15, -0.1) is 0 Å². The van der Waals surface area contributed by atoms with Gasteiger partial charge in [-0.25, -0.2) is 0 Å². The van der Waals surface area contributed by atoms with E-state index in [1.807, 2.05) is 0 Å². The summed E-state index contributed by atoms with van der Waals surface area (Å²) in [5, 5.41) is 5.14. The predicted octanol–water partition coefficient (Wildman–Crippen LogP) is 12.5. The number of hydrogen-bond donors (Lipinski definition) is 0. The van der Waals surface area contributed by atoms with Crippen LogP contribution in [0.5, 0.6) is 0 Å². The molecule has 0 N–H and O–H groups in total. The van der Waals surface area contributed by atoms with Crippen molar-refractivity contribution in [2.45, 2.75) is 51.9 Å². The molecule has 0 amide bonds. The van der Waals surface area contributed by atoms with Crippen LogP contribution in [0, 0.1) is 0 Å². The van der Waals surface area contributed by atoms with Crippen molar-refractivity contribution in [3.63, 3.8) is 0 Å². The molecule has 0 aromatic heterocycles. The van der Waals surface area contributed by atoms with Crippen LogP contribution in [0.4, 0.5) is 17.1 Å². The second kappa shape index (κ2) is 13.9. The zero-order valence-electron chi connectivity index (χ0n) is 26.8. The number of nitrogens with zero attached hydrogens (tertiary/aromatic N) is 2. The molecule has 2 aliphatic rings. The highest BCUT2D eigenvalue weighted by Crippen LogP contribution is 2.39. The summed E-state index contributed by atoms with van der Waals surface area (Å²) in [5.41, 5.74) is 9.36. The van der Waals surface area contributed by atoms with Crippen molar-refractivity contribution < 1.29 is 0 Å². The van der Waals surface area contributed by atoms with Gasteiger partial charge in [0.1, 0.15) is 0 Å². The minimum atomic E-state index is 0.991. The van der Waals surface area contributed by atoms with Gasteiger partial charge in [-0.05, 0) is 92.1 Å². The van der Waals surface area contributed by atoms with Crippen LogP contribution in [0.2, 0.25) is 0 Å². The summed E-state index contributed by atoms with van der Waals surface area (Å²) in [7, 11) is 0. The van der Waals surface area contributed by atoms with Gasteiger partial charge in [0.25, 0.3) is 0 Å². The summed E-state index contributed by atoms with van der Waals surface area (Å²) in [6, 6.07) is 41.6. The number of anilines is 3. The molecule has 0 radical (unpaired) electrons. The van der Waals surface area contributed by atoms with Gasteiger partial charge < -0.3 is 9.80 Å². The van der Waals surface area contributed by atoms with E-state index in [0.717, 1.165) is 44.9 Å². The molecule has 7 rings (SSSR count). The lowest BCUT2D eigenvalue weighted by molar-refractivity contribution is 0.803. The van der Waals surface area contributed by atoms with Gasteiger partial charge in [0.2, 0.25) is 0 Å². The Balaban J connectivity index is 1.16. The topological polar surface area (TPSA) is 6.48 Å². The van der Waals surface area contributed by atoms with Crippen molar-refractivity contribution >= 4 is 38.6 Å². The molecule has 0 unspecified atom stereocenters. The fourth-order valence-electron chi connectivity index (χ4n) is 7.00. The lowest BCUT2D eigenvalue weighted by Gasteiger charge is -2.32. The molecule has 0 spiro atoms. The molecule has 0 saturated heterocycles. The Labute approximate surface area is 274 Å². The molecule has 0 atom stereocenters. The Morgan fingerprint density at radius 1 is 0.630 bits per heavy atom. The molecule has 0 bridgehead atoms. The van der Waals surface area contributed by atoms with Gasteiger partial charge in [-0.1, -0.05) is 128 Å². The molecule has 46 heavy (non-hydrogen) atoms. The first-order valence-corrected chi connectivity index (χ1v) is 16.8. The van der Waals surface area contributed by atoms with E-state index < -0.39 is 0 Å². The number of para-hydroxylation sites is 1. The normalized spacial score (nSPS) is 15.0. The van der Waals surface area contributed by atoms with Crippen molar-refractivity contribution in [3.8, 4) is 0 Å². The zero-order valence-corrected chi connectivity index (χ0v) is 26.8. The maximum atomic E-state index is 2.54. The summed E-state index contributed by atoms with van der Waals surface area (Å²) in [5.74, 6) is 0. The molecule has 228 valence electrons. The van der Waals surface area contributed by atoms with Crippen LogP contribution < -0.4 is 9.80 Å². The van der Waals surface area contributed by atoms with Crippen LogP contribution in [0.1, 0.15) is 51.9 Å². The Bertz CT molecular complexity index is 1980. The van der Waals surface area contributed by atoms with Crippen LogP contribution in [-0.2, 0) is 0 Å². The maximum Gasteiger partial charge on any atom is 0.0536 e. The van der Waals surface area contributed by atoms with Crippen LogP contribution in [0.3, 0.4) is 0 Å². The molecule has 2 nitrogen and oxygen atoms in total. The van der Waals surface area contributed by atoms with Crippen molar-refractivity contribution in [1.29, 1.82) is 0 Å². The molecule has 0 fully saturated rings. The average molecular weight is 599 g/mol. The molecule has 2 aliphatic carbocycles. The molecule has 2 heteroatoms. The Kier molecular flexibility index (Phi) is 8.96. The minimum absolute atomic E-state index is 0.991. The largest absolute Gasteiger partial charge is 0.318 e. The van der Waals surface area contributed by atoms with Crippen molar-refractivity contribution in [2.75, 3.05) is 9.80 Å². The van der Waals surface area contributed by atoms with Crippen molar-refractivity contribution in [3.05, 3.63) is 174 Å². The standard InChI is InChI=1S/C44H42N2/c1-2-37(45(38-21-5-3-6-22-38)43-28-14-19-35-17-9-11-26-41(35)43)25-13-16-34-30-32-40(33-31-34)46(39-23-7-4-8-24-39)44-29-15-20-36-18-10-12-27-42(36)44/h3-5,7-12,14-15,17-21,23-30,32H,2,6,13,16,22,31,33H2,1H3/b37-25+. The predicted molar refractivity (Wildman–Crippen MR) is 198 cm³/mol. The summed E-state index contributed by atoms with van der Waals surface area (Å²) in [6.07, 6.45) is 21.4. The fourth-order valence-corrected chi connectivity index (χ4v) is 7.00. The Hall–Kier alpha value is -5.08. The number of hydrogen-bond acceptors (Lipinski definition) is 2. The first-order valence-electron chi connectivity index (χ1n) is 16.8. The summed E-state index contributed by atoms with van der Waals surface area (Å²) in [6.45, 7) is 2.30. The number of fused-ring (bicyclic) bond motifs is 2. The van der Waals surface area contributed by atoms with Crippen molar-refractivity contribution in [1.82, 2.24) is 0 Å². The lowest BCUT2D eigenvalue weighted by atomic mass is 9.96. The molecule has 5 aromatic rings. The summed E-state index contributed by atoms with van der Waals surface area (Å²) in [4.78, 5) is 5.00. The first kappa shape index (κ1) is 29.6. The molecular weight excluding hydrogens is 556 g/mol. The van der Waals surface area contributed by atoms with Crippen LogP contribution in [-0.4, -0.2) is 0 Å². The van der Waals surface area contributed by atoms with Gasteiger partial charge in [-0.2, -0.15) is 0 Å². The monoisotopic (exact) mass is 598 g/mol. The average Bonchev–Trinajstić information content (AvgIpc) is 3.13. The lowest BCUT2D eigenvalue weighted by Crippen LogP contribution is -2.22. The second-order valence-corrected chi connectivity index (χ2v) is 12.2. The third kappa shape index (κ3) is 6.21. The van der Waals surface area contributed by atoms with Gasteiger partial charge in [-0.3, -0.25) is 0 Å². The van der Waals surface area contributed by atoms with Crippen LogP contribution >= 0.6 is 0 Å². The van der Waals surface area contributed by atoms with E-state index in [2.05, 4.69) is 168 Å². The van der Waals surface area contributed by atoms with Crippen LogP contribution in [0.15, 0.2) is 174 Å². The van der Waals surface area contributed by atoms with E-state index in [0.29, 0.717) is 0 Å². The molecule has 0 heterocycles. The highest BCUT2D eigenvalue weighted by molar-refractivity contribution is 5.97. The highest BCUT2D eigenvalue weighted by Gasteiger charge is 2.21. The fraction of sp³-hybridized carbons (Fsp3) is 0.182. The van der Waals surface area contributed by atoms with Gasteiger partial charge in [0.15, 0.2) is 0 Å². The highest BCUT2D eigenvalue weighted by atomic mass is 15.2. The first-order chi connectivity index (χ1) is 22.8. The number of benzene rings is 5. The van der Waals surface area contributed by atoms with E-state index >= 15 is 0 Å². The SMILES string of the molecule is CC/C(=C\CCC1=CC=C(N(c2ccccc2)c2cccc3ccccc23)CC1)N(C1=CC=CCC1)c1cccc2ccccc12. The number of allylic oxidation sites excluding steroid dienone is 10. The smallest absolute Gasteiger partial charge is 0.0536 e. The third-order valence-electron chi connectivity index (χ3n) is 9.30. The number of rotatable bonds is 10. The molecule has 0 aliphatic heterocycles. The van der Waals surface area contributed by atoms with Crippen molar-refractivity contribution in [2.24, 2.45) is 0 Å². The van der Waals surface area contributed by atoms with E-state index in [9.17, 15) is 0 Å². The molecule has 0 saturated carbocycles. The second-order valence-electron chi connectivity index (χ2n) is 12.2. The van der Waals surface area contributed by atoms with E-state index in [4.69, 9.17) is 0 Å². The Morgan fingerprint density at radius 3 is 1.98 bits per heavy atom. The quantitative estimate of drug-likeness (QED) is 0.158. The van der Waals surface area contributed by atoms with Gasteiger partial charge >= 0.3 is 0 Å². The van der Waals surface area contributed by atoms with Crippen LogP contribution in [0.25, 0.3) is 21.5 Å². The van der Waals surface area contributed by atoms with Gasteiger partial charge in [0.05, 0.1) is 11.4 Å². The summed E-state index contributed by atoms with van der Waals surface area (Å²) < 4.78 is 0. The maximum absolute atomic E-state index is 2.54. The van der Waals surface area contributed by atoms with E-state index in [1.165, 1.54) is 61.3 Å².